The molecule has 0 spiro atoms. The third-order valence-corrected chi connectivity index (χ3v) is 4.07. The Hall–Kier alpha value is -2.62. The van der Waals surface area contributed by atoms with Crippen LogP contribution in [0.4, 0.5) is 0 Å². The van der Waals surface area contributed by atoms with Gasteiger partial charge in [-0.2, -0.15) is 0 Å². The molecule has 25 heavy (non-hydrogen) atoms. The van der Waals surface area contributed by atoms with E-state index in [1.165, 1.54) is 0 Å². The molecule has 0 saturated heterocycles. The maximum Gasteiger partial charge on any atom is 0.307 e. The largest absolute Gasteiger partial charge is 0.481 e. The second-order valence-corrected chi connectivity index (χ2v) is 6.08. The molecule has 132 valence electrons. The zero-order valence-electron chi connectivity index (χ0n) is 14.5. The van der Waals surface area contributed by atoms with Crippen LogP contribution >= 0.6 is 0 Å². The number of rotatable bonds is 9. The third-order valence-electron chi connectivity index (χ3n) is 4.07. The summed E-state index contributed by atoms with van der Waals surface area (Å²) in [6.07, 6.45) is 1.95. The SMILES string of the molecule is CCCCOC(=O)C[C@H](Cc1ccc(-c2ccccc2)cc1)C(=O)O. The van der Waals surface area contributed by atoms with Crippen molar-refractivity contribution in [3.8, 4) is 11.1 Å². The fourth-order valence-corrected chi connectivity index (χ4v) is 2.59. The van der Waals surface area contributed by atoms with Crippen LogP contribution in [0.25, 0.3) is 11.1 Å². The molecule has 2 rings (SSSR count). The van der Waals surface area contributed by atoms with Crippen LogP contribution in [0.5, 0.6) is 0 Å². The van der Waals surface area contributed by atoms with Gasteiger partial charge in [-0.05, 0) is 29.5 Å². The van der Waals surface area contributed by atoms with Gasteiger partial charge in [-0.15, -0.1) is 0 Å². The fourth-order valence-electron chi connectivity index (χ4n) is 2.59. The van der Waals surface area contributed by atoms with E-state index >= 15 is 0 Å². The lowest BCUT2D eigenvalue weighted by Crippen LogP contribution is -2.21. The van der Waals surface area contributed by atoms with E-state index in [2.05, 4.69) is 0 Å². The first kappa shape index (κ1) is 18.7. The lowest BCUT2D eigenvalue weighted by atomic mass is 9.95. The summed E-state index contributed by atoms with van der Waals surface area (Å²) >= 11 is 0. The number of carbonyl (C=O) groups is 2. The molecule has 0 radical (unpaired) electrons. The molecule has 0 aliphatic rings. The van der Waals surface area contributed by atoms with E-state index in [-0.39, 0.29) is 6.42 Å². The molecule has 0 amide bonds. The minimum absolute atomic E-state index is 0.0977. The van der Waals surface area contributed by atoms with Crippen LogP contribution in [-0.4, -0.2) is 23.7 Å². The number of esters is 1. The van der Waals surface area contributed by atoms with E-state index < -0.39 is 17.9 Å². The van der Waals surface area contributed by atoms with Crippen molar-refractivity contribution >= 4 is 11.9 Å². The first-order valence-electron chi connectivity index (χ1n) is 8.63. The molecule has 4 heteroatoms. The van der Waals surface area contributed by atoms with Crippen LogP contribution in [0.3, 0.4) is 0 Å². The van der Waals surface area contributed by atoms with E-state index in [1.807, 2.05) is 61.5 Å². The van der Waals surface area contributed by atoms with E-state index in [0.717, 1.165) is 29.5 Å². The zero-order chi connectivity index (χ0) is 18.1. The number of benzene rings is 2. The highest BCUT2D eigenvalue weighted by Gasteiger charge is 2.22. The molecule has 0 fully saturated rings. The molecule has 0 saturated carbocycles. The van der Waals surface area contributed by atoms with Crippen molar-refractivity contribution in [2.45, 2.75) is 32.6 Å². The molecule has 0 unspecified atom stereocenters. The van der Waals surface area contributed by atoms with Crippen LogP contribution in [0.2, 0.25) is 0 Å². The number of unbranched alkanes of at least 4 members (excludes halogenated alkanes) is 1. The van der Waals surface area contributed by atoms with E-state index in [1.54, 1.807) is 0 Å². The highest BCUT2D eigenvalue weighted by molar-refractivity contribution is 5.79. The molecule has 2 aromatic rings. The number of carboxylic acid groups (broad SMARTS) is 1. The van der Waals surface area contributed by atoms with Gasteiger partial charge in [0.1, 0.15) is 0 Å². The monoisotopic (exact) mass is 340 g/mol. The predicted molar refractivity (Wildman–Crippen MR) is 97.2 cm³/mol. The quantitative estimate of drug-likeness (QED) is 0.545. The summed E-state index contributed by atoms with van der Waals surface area (Å²) in [6, 6.07) is 17.8. The van der Waals surface area contributed by atoms with Crippen LogP contribution in [0.15, 0.2) is 54.6 Å². The summed E-state index contributed by atoms with van der Waals surface area (Å²) in [5.74, 6) is -2.18. The van der Waals surface area contributed by atoms with Crippen LogP contribution < -0.4 is 0 Å². The first-order valence-corrected chi connectivity index (χ1v) is 8.63. The molecule has 0 aromatic heterocycles. The molecule has 4 nitrogen and oxygen atoms in total. The molecule has 0 aliphatic heterocycles. The summed E-state index contributed by atoms with van der Waals surface area (Å²) in [6.45, 7) is 2.36. The molecule has 1 N–H and O–H groups in total. The second-order valence-electron chi connectivity index (χ2n) is 6.08. The summed E-state index contributed by atoms with van der Waals surface area (Å²) < 4.78 is 5.08. The first-order chi connectivity index (χ1) is 12.1. The van der Waals surface area contributed by atoms with Gasteiger partial charge in [-0.1, -0.05) is 67.9 Å². The summed E-state index contributed by atoms with van der Waals surface area (Å²) in [7, 11) is 0. The lowest BCUT2D eigenvalue weighted by molar-refractivity contribution is -0.151. The Balaban J connectivity index is 1.97. The Morgan fingerprint density at radius 3 is 2.24 bits per heavy atom. The lowest BCUT2D eigenvalue weighted by Gasteiger charge is -2.12. The minimum atomic E-state index is -0.973. The number of carboxylic acids is 1. The summed E-state index contributed by atoms with van der Waals surface area (Å²) in [5.41, 5.74) is 3.09. The number of hydrogen-bond acceptors (Lipinski definition) is 3. The van der Waals surface area contributed by atoms with Crippen molar-refractivity contribution in [3.05, 3.63) is 60.2 Å². The minimum Gasteiger partial charge on any atom is -0.481 e. The predicted octanol–water partition coefficient (Wildman–Crippen LogP) is 4.33. The Morgan fingerprint density at radius 2 is 1.64 bits per heavy atom. The van der Waals surface area contributed by atoms with Gasteiger partial charge in [0, 0.05) is 0 Å². The van der Waals surface area contributed by atoms with Crippen molar-refractivity contribution in [1.82, 2.24) is 0 Å². The normalized spacial score (nSPS) is 11.7. The van der Waals surface area contributed by atoms with E-state index in [9.17, 15) is 14.7 Å². The Morgan fingerprint density at radius 1 is 1.00 bits per heavy atom. The Labute approximate surface area is 148 Å². The van der Waals surface area contributed by atoms with Crippen LogP contribution in [0.1, 0.15) is 31.7 Å². The topological polar surface area (TPSA) is 63.6 Å². The van der Waals surface area contributed by atoms with Gasteiger partial charge in [0.2, 0.25) is 0 Å². The van der Waals surface area contributed by atoms with Gasteiger partial charge in [-0.3, -0.25) is 9.59 Å². The highest BCUT2D eigenvalue weighted by atomic mass is 16.5. The average Bonchev–Trinajstić information content (AvgIpc) is 2.62. The van der Waals surface area contributed by atoms with Crippen molar-refractivity contribution in [3.63, 3.8) is 0 Å². The molecule has 0 aliphatic carbocycles. The fraction of sp³-hybridized carbons (Fsp3) is 0.333. The van der Waals surface area contributed by atoms with Crippen LogP contribution in [0, 0.1) is 5.92 Å². The number of ether oxygens (including phenoxy) is 1. The van der Waals surface area contributed by atoms with Gasteiger partial charge in [0.05, 0.1) is 18.9 Å². The summed E-state index contributed by atoms with van der Waals surface area (Å²) in [4.78, 5) is 23.2. The maximum absolute atomic E-state index is 11.8. The van der Waals surface area contributed by atoms with E-state index in [4.69, 9.17) is 4.74 Å². The van der Waals surface area contributed by atoms with Gasteiger partial charge in [0.15, 0.2) is 0 Å². The molecule has 0 heterocycles. The molecular weight excluding hydrogens is 316 g/mol. The number of hydrogen-bond donors (Lipinski definition) is 1. The molecule has 1 atom stereocenters. The van der Waals surface area contributed by atoms with Crippen molar-refractivity contribution < 1.29 is 19.4 Å². The number of aliphatic carboxylic acids is 1. The molecular formula is C21H24O4. The second kappa shape index (κ2) is 9.62. The standard InChI is InChI=1S/C21H24O4/c1-2-3-13-25-20(22)15-19(21(23)24)14-16-9-11-18(12-10-16)17-7-5-4-6-8-17/h4-12,19H,2-3,13-15H2,1H3,(H,23,24)/t19-/m0/s1. The van der Waals surface area contributed by atoms with Crippen LogP contribution in [-0.2, 0) is 20.7 Å². The maximum atomic E-state index is 11.8. The average molecular weight is 340 g/mol. The number of carbonyl (C=O) groups excluding carboxylic acids is 1. The van der Waals surface area contributed by atoms with Gasteiger partial charge < -0.3 is 9.84 Å². The van der Waals surface area contributed by atoms with Crippen molar-refractivity contribution in [2.24, 2.45) is 5.92 Å². The van der Waals surface area contributed by atoms with Gasteiger partial charge in [-0.25, -0.2) is 0 Å². The van der Waals surface area contributed by atoms with Crippen molar-refractivity contribution in [2.75, 3.05) is 6.61 Å². The Kier molecular flexibility index (Phi) is 7.20. The van der Waals surface area contributed by atoms with E-state index in [0.29, 0.717) is 13.0 Å². The Bertz CT molecular complexity index is 677. The molecule has 0 bridgehead atoms. The van der Waals surface area contributed by atoms with Gasteiger partial charge in [0.25, 0.3) is 0 Å². The molecule has 2 aromatic carbocycles. The van der Waals surface area contributed by atoms with Crippen molar-refractivity contribution in [1.29, 1.82) is 0 Å². The smallest absolute Gasteiger partial charge is 0.307 e. The summed E-state index contributed by atoms with van der Waals surface area (Å²) in [5, 5.41) is 9.38. The van der Waals surface area contributed by atoms with Gasteiger partial charge >= 0.3 is 11.9 Å². The zero-order valence-corrected chi connectivity index (χ0v) is 14.5. The third kappa shape index (κ3) is 6.07. The highest BCUT2D eigenvalue weighted by Crippen LogP contribution is 2.21.